The summed E-state index contributed by atoms with van der Waals surface area (Å²) in [6.45, 7) is 4.63. The summed E-state index contributed by atoms with van der Waals surface area (Å²) in [5, 5.41) is 2.54. The molecule has 1 saturated heterocycles. The van der Waals surface area contributed by atoms with Crippen LogP contribution in [-0.4, -0.2) is 31.7 Å². The van der Waals surface area contributed by atoms with E-state index in [1.807, 2.05) is 6.92 Å². The van der Waals surface area contributed by atoms with Gasteiger partial charge < -0.3 is 5.32 Å². The first-order valence-electron chi connectivity index (χ1n) is 9.05. The summed E-state index contributed by atoms with van der Waals surface area (Å²) < 4.78 is 41.4. The molecule has 1 N–H and O–H groups in total. The number of hydrogen-bond acceptors (Lipinski definition) is 3. The van der Waals surface area contributed by atoms with Gasteiger partial charge >= 0.3 is 0 Å². The van der Waals surface area contributed by atoms with E-state index in [0.717, 1.165) is 18.4 Å². The predicted molar refractivity (Wildman–Crippen MR) is 108 cm³/mol. The molecule has 1 aliphatic rings. The van der Waals surface area contributed by atoms with Crippen LogP contribution in [0.25, 0.3) is 0 Å². The van der Waals surface area contributed by atoms with Crippen molar-refractivity contribution < 1.29 is 17.6 Å². The van der Waals surface area contributed by atoms with Crippen LogP contribution in [0.2, 0.25) is 5.02 Å². The summed E-state index contributed by atoms with van der Waals surface area (Å²) in [5.41, 5.74) is 0.915. The van der Waals surface area contributed by atoms with Crippen LogP contribution in [0, 0.1) is 18.7 Å². The van der Waals surface area contributed by atoms with Crippen LogP contribution < -0.4 is 5.32 Å². The van der Waals surface area contributed by atoms with Crippen molar-refractivity contribution in [1.82, 2.24) is 4.31 Å². The Labute approximate surface area is 169 Å². The van der Waals surface area contributed by atoms with Crippen LogP contribution in [0.3, 0.4) is 0 Å². The minimum atomic E-state index is -3.82. The molecular formula is C20H22ClFN2O3S. The highest BCUT2D eigenvalue weighted by Gasteiger charge is 2.31. The molecule has 0 aliphatic carbocycles. The molecule has 1 fully saturated rings. The number of carbonyl (C=O) groups excluding carboxylic acids is 1. The molecule has 0 spiro atoms. The number of amides is 1. The first-order valence-corrected chi connectivity index (χ1v) is 10.9. The molecule has 2 aromatic rings. The highest BCUT2D eigenvalue weighted by Crippen LogP contribution is 2.29. The Morgan fingerprint density at radius 1 is 1.25 bits per heavy atom. The molecule has 1 heterocycles. The minimum Gasteiger partial charge on any atom is -0.319 e. The lowest BCUT2D eigenvalue weighted by Crippen LogP contribution is -2.39. The van der Waals surface area contributed by atoms with Crippen molar-refractivity contribution in [2.24, 2.45) is 5.92 Å². The van der Waals surface area contributed by atoms with Gasteiger partial charge in [-0.3, -0.25) is 4.79 Å². The molecule has 28 heavy (non-hydrogen) atoms. The topological polar surface area (TPSA) is 66.5 Å². The van der Waals surface area contributed by atoms with E-state index in [0.29, 0.717) is 13.1 Å². The summed E-state index contributed by atoms with van der Waals surface area (Å²) >= 11 is 6.15. The van der Waals surface area contributed by atoms with Crippen molar-refractivity contribution in [2.75, 3.05) is 18.4 Å². The number of aryl methyl sites for hydroxylation is 1. The van der Waals surface area contributed by atoms with Gasteiger partial charge in [-0.2, -0.15) is 4.31 Å². The predicted octanol–water partition coefficient (Wildman–Crippen LogP) is 4.46. The smallest absolute Gasteiger partial charge is 0.255 e. The molecule has 0 bridgehead atoms. The van der Waals surface area contributed by atoms with Crippen molar-refractivity contribution in [3.63, 3.8) is 0 Å². The Morgan fingerprint density at radius 3 is 2.71 bits per heavy atom. The number of sulfonamides is 1. The molecule has 1 atom stereocenters. The maximum absolute atomic E-state index is 13.9. The average molecular weight is 425 g/mol. The summed E-state index contributed by atoms with van der Waals surface area (Å²) in [6, 6.07) is 8.42. The zero-order chi connectivity index (χ0) is 20.5. The lowest BCUT2D eigenvalue weighted by molar-refractivity contribution is 0.102. The van der Waals surface area contributed by atoms with E-state index in [-0.39, 0.29) is 27.1 Å². The van der Waals surface area contributed by atoms with Gasteiger partial charge in [-0.15, -0.1) is 0 Å². The Morgan fingerprint density at radius 2 is 2.00 bits per heavy atom. The van der Waals surface area contributed by atoms with Gasteiger partial charge in [0.15, 0.2) is 0 Å². The second-order valence-corrected chi connectivity index (χ2v) is 9.51. The third-order valence-electron chi connectivity index (χ3n) is 4.80. The van der Waals surface area contributed by atoms with E-state index in [1.165, 1.54) is 34.6 Å². The van der Waals surface area contributed by atoms with Crippen molar-refractivity contribution in [2.45, 2.75) is 31.6 Å². The van der Waals surface area contributed by atoms with Gasteiger partial charge in [-0.05, 0) is 61.6 Å². The quantitative estimate of drug-likeness (QED) is 0.787. The molecule has 2 aromatic carbocycles. The number of hydrogen-bond donors (Lipinski definition) is 1. The standard InChI is InChI=1S/C20H22ClFN2O3S/c1-13-5-8-17(22)18(10-13)23-20(25)15-6-7-16(21)19(11-15)28(26,27)24-9-3-4-14(2)12-24/h5-8,10-11,14H,3-4,9,12H2,1-2H3,(H,23,25)/t14-/m0/s1. The summed E-state index contributed by atoms with van der Waals surface area (Å²) in [5.74, 6) is -0.911. The van der Waals surface area contributed by atoms with E-state index in [1.54, 1.807) is 13.0 Å². The molecule has 3 rings (SSSR count). The fourth-order valence-corrected chi connectivity index (χ4v) is 5.37. The van der Waals surface area contributed by atoms with E-state index in [2.05, 4.69) is 5.32 Å². The van der Waals surface area contributed by atoms with Crippen LogP contribution in [-0.2, 0) is 10.0 Å². The molecule has 5 nitrogen and oxygen atoms in total. The monoisotopic (exact) mass is 424 g/mol. The summed E-state index contributed by atoms with van der Waals surface area (Å²) in [4.78, 5) is 12.5. The molecule has 0 aromatic heterocycles. The number of rotatable bonds is 4. The number of benzene rings is 2. The highest BCUT2D eigenvalue weighted by atomic mass is 35.5. The SMILES string of the molecule is Cc1ccc(F)c(NC(=O)c2ccc(Cl)c(S(=O)(=O)N3CCC[C@H](C)C3)c2)c1. The molecule has 1 amide bonds. The van der Waals surface area contributed by atoms with E-state index >= 15 is 0 Å². The van der Waals surface area contributed by atoms with Gasteiger partial charge in [0.2, 0.25) is 10.0 Å². The molecule has 0 unspecified atom stereocenters. The number of nitrogens with one attached hydrogen (secondary N) is 1. The van der Waals surface area contributed by atoms with Crippen LogP contribution >= 0.6 is 11.6 Å². The van der Waals surface area contributed by atoms with Crippen molar-refractivity contribution >= 4 is 33.2 Å². The number of piperidine rings is 1. The van der Waals surface area contributed by atoms with Crippen LogP contribution in [0.15, 0.2) is 41.3 Å². The first-order chi connectivity index (χ1) is 13.2. The third-order valence-corrected chi connectivity index (χ3v) is 7.15. The van der Waals surface area contributed by atoms with Crippen molar-refractivity contribution in [3.05, 3.63) is 58.4 Å². The van der Waals surface area contributed by atoms with Crippen LogP contribution in [0.4, 0.5) is 10.1 Å². The van der Waals surface area contributed by atoms with Gasteiger partial charge in [0.1, 0.15) is 10.7 Å². The van der Waals surface area contributed by atoms with Crippen LogP contribution in [0.1, 0.15) is 35.7 Å². The van der Waals surface area contributed by atoms with Crippen molar-refractivity contribution in [3.8, 4) is 0 Å². The second-order valence-electron chi connectivity index (χ2n) is 7.19. The largest absolute Gasteiger partial charge is 0.319 e. The number of halogens is 2. The maximum Gasteiger partial charge on any atom is 0.255 e. The lowest BCUT2D eigenvalue weighted by Gasteiger charge is -2.30. The third kappa shape index (κ3) is 4.37. The zero-order valence-corrected chi connectivity index (χ0v) is 17.3. The highest BCUT2D eigenvalue weighted by molar-refractivity contribution is 7.89. The molecule has 0 saturated carbocycles. The molecule has 0 radical (unpaired) electrons. The normalized spacial score (nSPS) is 18.1. The first kappa shape index (κ1) is 20.8. The van der Waals surface area contributed by atoms with Gasteiger partial charge in [-0.25, -0.2) is 12.8 Å². The van der Waals surface area contributed by atoms with E-state index in [9.17, 15) is 17.6 Å². The summed E-state index contributed by atoms with van der Waals surface area (Å²) in [6.07, 6.45) is 1.76. The lowest BCUT2D eigenvalue weighted by atomic mass is 10.0. The Kier molecular flexibility index (Phi) is 6.07. The average Bonchev–Trinajstić information content (AvgIpc) is 2.65. The fraction of sp³-hybridized carbons (Fsp3) is 0.350. The number of anilines is 1. The van der Waals surface area contributed by atoms with Gasteiger partial charge in [-0.1, -0.05) is 24.6 Å². The van der Waals surface area contributed by atoms with E-state index < -0.39 is 21.7 Å². The second kappa shape index (κ2) is 8.19. The van der Waals surface area contributed by atoms with Crippen molar-refractivity contribution in [1.29, 1.82) is 0 Å². The van der Waals surface area contributed by atoms with E-state index in [4.69, 9.17) is 11.6 Å². The molecule has 8 heteroatoms. The van der Waals surface area contributed by atoms with Gasteiger partial charge in [0.05, 0.1) is 10.7 Å². The Hall–Kier alpha value is -1.96. The number of carbonyl (C=O) groups is 1. The van der Waals surface area contributed by atoms with Gasteiger partial charge in [0.25, 0.3) is 5.91 Å². The zero-order valence-electron chi connectivity index (χ0n) is 15.7. The van der Waals surface area contributed by atoms with Crippen LogP contribution in [0.5, 0.6) is 0 Å². The number of nitrogens with zero attached hydrogens (tertiary/aromatic N) is 1. The summed E-state index contributed by atoms with van der Waals surface area (Å²) in [7, 11) is -3.82. The molecule has 1 aliphatic heterocycles. The Bertz CT molecular complexity index is 1010. The maximum atomic E-state index is 13.9. The molecule has 150 valence electrons. The Balaban J connectivity index is 1.90. The molecular weight excluding hydrogens is 403 g/mol. The minimum absolute atomic E-state index is 0.0363. The van der Waals surface area contributed by atoms with Gasteiger partial charge in [0, 0.05) is 18.7 Å². The fourth-order valence-electron chi connectivity index (χ4n) is 3.28.